The molecule has 2 heterocycles. The molecule has 0 saturated carbocycles. The number of rotatable bonds is 3. The summed E-state index contributed by atoms with van der Waals surface area (Å²) in [5.74, 6) is 0.492. The molecule has 2 N–H and O–H groups in total. The minimum Gasteiger partial charge on any atom is -0.383 e. The maximum atomic E-state index is 12.6. The maximum absolute atomic E-state index is 12.6. The molecule has 0 spiro atoms. The fraction of sp³-hybridized carbons (Fsp3) is 0.583. The summed E-state index contributed by atoms with van der Waals surface area (Å²) in [6.07, 6.45) is 4.49. The normalized spacial score (nSPS) is 21.5. The van der Waals surface area contributed by atoms with Gasteiger partial charge in [0, 0.05) is 23.8 Å². The summed E-state index contributed by atoms with van der Waals surface area (Å²) >= 11 is 3.24. The zero-order valence-electron chi connectivity index (χ0n) is 10.8. The van der Waals surface area contributed by atoms with Gasteiger partial charge in [-0.25, -0.2) is 13.4 Å². The molecule has 5 nitrogen and oxygen atoms in total. The first-order chi connectivity index (χ1) is 8.95. The van der Waals surface area contributed by atoms with E-state index in [1.54, 1.807) is 0 Å². The topological polar surface area (TPSA) is 76.3 Å². The second-order valence-electron chi connectivity index (χ2n) is 4.82. The number of hydrogen-bond acceptors (Lipinski definition) is 4. The Morgan fingerprint density at radius 2 is 2.32 bits per heavy atom. The third kappa shape index (κ3) is 3.09. The molecule has 1 unspecified atom stereocenters. The van der Waals surface area contributed by atoms with Crippen LogP contribution in [0.4, 0.5) is 5.82 Å². The van der Waals surface area contributed by atoms with Crippen molar-refractivity contribution in [3.05, 3.63) is 16.7 Å². The van der Waals surface area contributed by atoms with Crippen molar-refractivity contribution in [2.75, 3.05) is 18.8 Å². The van der Waals surface area contributed by atoms with Crippen molar-refractivity contribution in [1.82, 2.24) is 9.29 Å². The zero-order chi connectivity index (χ0) is 14.0. The SMILES string of the molecule is CCC1CCCN(S(=O)(=O)c2cc(Br)cnc2N)C1. The smallest absolute Gasteiger partial charge is 0.246 e. The lowest BCUT2D eigenvalue weighted by atomic mass is 9.97. The molecule has 0 aliphatic carbocycles. The van der Waals surface area contributed by atoms with Crippen molar-refractivity contribution in [3.8, 4) is 0 Å². The summed E-state index contributed by atoms with van der Waals surface area (Å²) in [5.41, 5.74) is 5.71. The molecule has 1 aromatic heterocycles. The van der Waals surface area contributed by atoms with E-state index >= 15 is 0 Å². The van der Waals surface area contributed by atoms with Crippen LogP contribution < -0.4 is 5.73 Å². The Morgan fingerprint density at radius 1 is 1.58 bits per heavy atom. The standard InChI is InChI=1S/C12H18BrN3O2S/c1-2-9-4-3-5-16(8-9)19(17,18)11-6-10(13)7-15-12(11)14/h6-7,9H,2-5,8H2,1H3,(H2,14,15). The van der Waals surface area contributed by atoms with E-state index in [0.29, 0.717) is 23.5 Å². The van der Waals surface area contributed by atoms with Crippen molar-refractivity contribution >= 4 is 31.8 Å². The Balaban J connectivity index is 2.34. The number of nitrogen functional groups attached to an aromatic ring is 1. The average molecular weight is 348 g/mol. The van der Waals surface area contributed by atoms with E-state index < -0.39 is 10.0 Å². The van der Waals surface area contributed by atoms with Gasteiger partial charge >= 0.3 is 0 Å². The molecule has 0 aromatic carbocycles. The number of halogens is 1. The van der Waals surface area contributed by atoms with Crippen LogP contribution in [0.2, 0.25) is 0 Å². The minimum absolute atomic E-state index is 0.0572. The van der Waals surface area contributed by atoms with Crippen LogP contribution in [0.25, 0.3) is 0 Å². The predicted molar refractivity (Wildman–Crippen MR) is 78.1 cm³/mol. The fourth-order valence-electron chi connectivity index (χ4n) is 2.36. The quantitative estimate of drug-likeness (QED) is 0.909. The van der Waals surface area contributed by atoms with E-state index in [4.69, 9.17) is 5.73 Å². The van der Waals surface area contributed by atoms with Gasteiger partial charge in [0.05, 0.1) is 0 Å². The van der Waals surface area contributed by atoms with Gasteiger partial charge in [-0.1, -0.05) is 13.3 Å². The van der Waals surface area contributed by atoms with E-state index in [9.17, 15) is 8.42 Å². The van der Waals surface area contributed by atoms with E-state index in [2.05, 4.69) is 27.8 Å². The van der Waals surface area contributed by atoms with Crippen LogP contribution in [0, 0.1) is 5.92 Å². The third-order valence-corrected chi connectivity index (χ3v) is 5.85. The Kier molecular flexibility index (Phi) is 4.47. The molecule has 2 rings (SSSR count). The first-order valence-electron chi connectivity index (χ1n) is 6.36. The van der Waals surface area contributed by atoms with Crippen molar-refractivity contribution in [2.24, 2.45) is 5.92 Å². The van der Waals surface area contributed by atoms with Gasteiger partial charge in [-0.05, 0) is 40.8 Å². The minimum atomic E-state index is -3.54. The Bertz CT molecular complexity index is 562. The summed E-state index contributed by atoms with van der Waals surface area (Å²) in [6.45, 7) is 3.23. The number of nitrogens with two attached hydrogens (primary N) is 1. The molecule has 106 valence electrons. The summed E-state index contributed by atoms with van der Waals surface area (Å²) in [4.78, 5) is 4.00. The lowest BCUT2D eigenvalue weighted by Crippen LogP contribution is -2.40. The third-order valence-electron chi connectivity index (χ3n) is 3.53. The first kappa shape index (κ1) is 14.7. The van der Waals surface area contributed by atoms with Crippen LogP contribution in [-0.4, -0.2) is 30.8 Å². The van der Waals surface area contributed by atoms with Crippen molar-refractivity contribution in [1.29, 1.82) is 0 Å². The highest BCUT2D eigenvalue weighted by atomic mass is 79.9. The molecular formula is C12H18BrN3O2S. The predicted octanol–water partition coefficient (Wildman–Crippen LogP) is 2.24. The molecule has 1 atom stereocenters. The number of hydrogen-bond donors (Lipinski definition) is 1. The second kappa shape index (κ2) is 5.76. The summed E-state index contributed by atoms with van der Waals surface area (Å²) in [7, 11) is -3.54. The number of pyridine rings is 1. The highest BCUT2D eigenvalue weighted by molar-refractivity contribution is 9.10. The fourth-order valence-corrected chi connectivity index (χ4v) is 4.49. The molecule has 1 aliphatic heterocycles. The molecule has 1 saturated heterocycles. The molecule has 7 heteroatoms. The highest BCUT2D eigenvalue weighted by Crippen LogP contribution is 2.28. The van der Waals surface area contributed by atoms with Gasteiger partial charge in [-0.3, -0.25) is 0 Å². The van der Waals surface area contributed by atoms with Crippen LogP contribution >= 0.6 is 15.9 Å². The highest BCUT2D eigenvalue weighted by Gasteiger charge is 2.31. The van der Waals surface area contributed by atoms with Gasteiger partial charge in [0.2, 0.25) is 10.0 Å². The Labute approximate surface area is 122 Å². The Morgan fingerprint density at radius 3 is 3.00 bits per heavy atom. The molecule has 0 amide bonds. The molecule has 0 radical (unpaired) electrons. The molecule has 0 bridgehead atoms. The number of piperidine rings is 1. The molecule has 19 heavy (non-hydrogen) atoms. The molecule has 1 aromatic rings. The second-order valence-corrected chi connectivity index (χ2v) is 7.64. The van der Waals surface area contributed by atoms with Crippen LogP contribution in [0.15, 0.2) is 21.6 Å². The van der Waals surface area contributed by atoms with E-state index in [0.717, 1.165) is 19.3 Å². The molecule has 1 aliphatic rings. The lowest BCUT2D eigenvalue weighted by molar-refractivity contribution is 0.261. The van der Waals surface area contributed by atoms with Crippen LogP contribution in [-0.2, 0) is 10.0 Å². The number of sulfonamides is 1. The van der Waals surface area contributed by atoms with Gasteiger partial charge in [-0.2, -0.15) is 4.31 Å². The molecular weight excluding hydrogens is 330 g/mol. The maximum Gasteiger partial charge on any atom is 0.246 e. The van der Waals surface area contributed by atoms with Gasteiger partial charge < -0.3 is 5.73 Å². The molecule has 1 fully saturated rings. The first-order valence-corrected chi connectivity index (χ1v) is 8.59. The lowest BCUT2D eigenvalue weighted by Gasteiger charge is -2.31. The van der Waals surface area contributed by atoms with E-state index in [-0.39, 0.29) is 10.7 Å². The average Bonchev–Trinajstić information content (AvgIpc) is 2.41. The van der Waals surface area contributed by atoms with Crippen molar-refractivity contribution in [2.45, 2.75) is 31.1 Å². The summed E-state index contributed by atoms with van der Waals surface area (Å²) in [5, 5.41) is 0. The largest absolute Gasteiger partial charge is 0.383 e. The van der Waals surface area contributed by atoms with Crippen LogP contribution in [0.5, 0.6) is 0 Å². The number of nitrogens with zero attached hydrogens (tertiary/aromatic N) is 2. The van der Waals surface area contributed by atoms with Gasteiger partial charge in [0.25, 0.3) is 0 Å². The van der Waals surface area contributed by atoms with Gasteiger partial charge in [0.15, 0.2) is 0 Å². The van der Waals surface area contributed by atoms with Crippen LogP contribution in [0.3, 0.4) is 0 Å². The monoisotopic (exact) mass is 347 g/mol. The summed E-state index contributed by atoms with van der Waals surface area (Å²) in [6, 6.07) is 1.52. The van der Waals surface area contributed by atoms with E-state index in [1.165, 1.54) is 16.6 Å². The number of aromatic nitrogens is 1. The zero-order valence-corrected chi connectivity index (χ0v) is 13.2. The van der Waals surface area contributed by atoms with Crippen molar-refractivity contribution in [3.63, 3.8) is 0 Å². The Hall–Kier alpha value is -0.660. The van der Waals surface area contributed by atoms with Gasteiger partial charge in [0.1, 0.15) is 10.7 Å². The van der Waals surface area contributed by atoms with Gasteiger partial charge in [-0.15, -0.1) is 0 Å². The van der Waals surface area contributed by atoms with Crippen LogP contribution in [0.1, 0.15) is 26.2 Å². The number of anilines is 1. The van der Waals surface area contributed by atoms with E-state index in [1.807, 2.05) is 0 Å². The van der Waals surface area contributed by atoms with Crippen molar-refractivity contribution < 1.29 is 8.42 Å². The summed E-state index contributed by atoms with van der Waals surface area (Å²) < 4.78 is 27.4.